The van der Waals surface area contributed by atoms with Crippen molar-refractivity contribution < 1.29 is 0 Å². The molecule has 2 aromatic carbocycles. The van der Waals surface area contributed by atoms with E-state index in [2.05, 4.69) is 76.0 Å². The number of aryl methyl sites for hydroxylation is 1. The number of nitrogens with one attached hydrogen (secondary N) is 1. The summed E-state index contributed by atoms with van der Waals surface area (Å²) in [7, 11) is 0. The molecule has 0 radical (unpaired) electrons. The molecule has 19 heavy (non-hydrogen) atoms. The zero-order valence-corrected chi connectivity index (χ0v) is 13.0. The van der Waals surface area contributed by atoms with Crippen LogP contribution in [0.4, 0.5) is 5.69 Å². The van der Waals surface area contributed by atoms with Crippen molar-refractivity contribution in [2.24, 2.45) is 0 Å². The van der Waals surface area contributed by atoms with Crippen LogP contribution in [0.25, 0.3) is 10.1 Å². The highest BCUT2D eigenvalue weighted by Crippen LogP contribution is 2.24. The fourth-order valence-electron chi connectivity index (χ4n) is 2.03. The maximum Gasteiger partial charge on any atom is 0.0401 e. The largest absolute Gasteiger partial charge is 0.381 e. The zero-order valence-electron chi connectivity index (χ0n) is 10.6. The molecule has 0 saturated heterocycles. The Kier molecular flexibility index (Phi) is 3.58. The number of rotatable bonds is 3. The van der Waals surface area contributed by atoms with E-state index in [1.165, 1.54) is 31.4 Å². The van der Waals surface area contributed by atoms with Crippen LogP contribution in [0.3, 0.4) is 0 Å². The Bertz CT molecular complexity index is 718. The summed E-state index contributed by atoms with van der Waals surface area (Å²) in [5, 5.41) is 6.91. The second kappa shape index (κ2) is 5.35. The van der Waals surface area contributed by atoms with E-state index in [0.717, 1.165) is 6.54 Å². The standard InChI is InChI=1S/C16H14BrNS/c1-11-2-3-12(8-15(11)17)10-18-14-4-5-16-13(9-14)6-7-19-16/h2-9,18H,10H2,1H3. The van der Waals surface area contributed by atoms with Crippen LogP contribution in [0.2, 0.25) is 0 Å². The number of anilines is 1. The second-order valence-electron chi connectivity index (χ2n) is 4.61. The van der Waals surface area contributed by atoms with Crippen molar-refractivity contribution in [1.82, 2.24) is 0 Å². The van der Waals surface area contributed by atoms with Gasteiger partial charge < -0.3 is 5.32 Å². The molecule has 0 fully saturated rings. The zero-order chi connectivity index (χ0) is 13.2. The molecule has 0 amide bonds. The number of benzene rings is 2. The van der Waals surface area contributed by atoms with Crippen molar-refractivity contribution in [1.29, 1.82) is 0 Å². The molecule has 0 spiro atoms. The van der Waals surface area contributed by atoms with E-state index < -0.39 is 0 Å². The van der Waals surface area contributed by atoms with E-state index in [1.807, 2.05) is 0 Å². The molecule has 0 aliphatic carbocycles. The first-order chi connectivity index (χ1) is 9.22. The topological polar surface area (TPSA) is 12.0 Å². The summed E-state index contributed by atoms with van der Waals surface area (Å²) in [5.74, 6) is 0. The third kappa shape index (κ3) is 2.82. The van der Waals surface area contributed by atoms with E-state index in [9.17, 15) is 0 Å². The molecule has 3 aromatic rings. The highest BCUT2D eigenvalue weighted by atomic mass is 79.9. The molecule has 96 valence electrons. The molecule has 1 heterocycles. The van der Waals surface area contributed by atoms with Crippen LogP contribution in [-0.2, 0) is 6.54 Å². The Morgan fingerprint density at radius 3 is 2.84 bits per heavy atom. The van der Waals surface area contributed by atoms with Gasteiger partial charge in [0.2, 0.25) is 0 Å². The maximum atomic E-state index is 3.57. The third-order valence-electron chi connectivity index (χ3n) is 3.19. The SMILES string of the molecule is Cc1ccc(CNc2ccc3sccc3c2)cc1Br. The number of fused-ring (bicyclic) bond motifs is 1. The summed E-state index contributed by atoms with van der Waals surface area (Å²) in [6.45, 7) is 2.94. The van der Waals surface area contributed by atoms with Crippen LogP contribution in [0.5, 0.6) is 0 Å². The lowest BCUT2D eigenvalue weighted by molar-refractivity contribution is 1.14. The predicted octanol–water partition coefficient (Wildman–Crippen LogP) is 5.58. The van der Waals surface area contributed by atoms with Crippen LogP contribution < -0.4 is 5.32 Å². The fourth-order valence-corrected chi connectivity index (χ4v) is 3.22. The molecule has 3 rings (SSSR count). The first-order valence-electron chi connectivity index (χ1n) is 6.18. The summed E-state index contributed by atoms with van der Waals surface area (Å²) < 4.78 is 2.50. The Morgan fingerprint density at radius 1 is 1.11 bits per heavy atom. The average molecular weight is 332 g/mol. The monoisotopic (exact) mass is 331 g/mol. The summed E-state index contributed by atoms with van der Waals surface area (Å²) in [4.78, 5) is 0. The molecule has 1 nitrogen and oxygen atoms in total. The highest BCUT2D eigenvalue weighted by Gasteiger charge is 2.00. The minimum atomic E-state index is 0.842. The van der Waals surface area contributed by atoms with E-state index in [-0.39, 0.29) is 0 Å². The maximum absolute atomic E-state index is 3.57. The van der Waals surface area contributed by atoms with Gasteiger partial charge in [-0.05, 0) is 59.1 Å². The third-order valence-corrected chi connectivity index (χ3v) is 4.94. The van der Waals surface area contributed by atoms with Gasteiger partial charge in [-0.25, -0.2) is 0 Å². The second-order valence-corrected chi connectivity index (χ2v) is 6.41. The molecule has 0 saturated carbocycles. The van der Waals surface area contributed by atoms with Gasteiger partial charge in [-0.15, -0.1) is 11.3 Å². The molecule has 1 N–H and O–H groups in total. The molecule has 3 heteroatoms. The first-order valence-corrected chi connectivity index (χ1v) is 7.86. The first kappa shape index (κ1) is 12.7. The van der Waals surface area contributed by atoms with Gasteiger partial charge in [0, 0.05) is 21.4 Å². The molecule has 0 aliphatic heterocycles. The van der Waals surface area contributed by atoms with Gasteiger partial charge in [-0.2, -0.15) is 0 Å². The van der Waals surface area contributed by atoms with E-state index in [4.69, 9.17) is 0 Å². The highest BCUT2D eigenvalue weighted by molar-refractivity contribution is 9.10. The van der Waals surface area contributed by atoms with Crippen molar-refractivity contribution in [2.45, 2.75) is 13.5 Å². The Balaban J connectivity index is 1.75. The number of thiophene rings is 1. The van der Waals surface area contributed by atoms with Gasteiger partial charge >= 0.3 is 0 Å². The van der Waals surface area contributed by atoms with Crippen molar-refractivity contribution in [3.8, 4) is 0 Å². The summed E-state index contributed by atoms with van der Waals surface area (Å²) in [5.41, 5.74) is 3.72. The minimum absolute atomic E-state index is 0.842. The Morgan fingerprint density at radius 2 is 2.00 bits per heavy atom. The normalized spacial score (nSPS) is 10.8. The number of halogens is 1. The summed E-state index contributed by atoms with van der Waals surface area (Å²) >= 11 is 5.35. The minimum Gasteiger partial charge on any atom is -0.381 e. The fraction of sp³-hybridized carbons (Fsp3) is 0.125. The quantitative estimate of drug-likeness (QED) is 0.660. The van der Waals surface area contributed by atoms with Crippen LogP contribution in [0, 0.1) is 6.92 Å². The van der Waals surface area contributed by atoms with Gasteiger partial charge in [0.1, 0.15) is 0 Å². The van der Waals surface area contributed by atoms with Crippen LogP contribution in [0.15, 0.2) is 52.3 Å². The summed E-state index contributed by atoms with van der Waals surface area (Å²) in [6, 6.07) is 15.2. The van der Waals surface area contributed by atoms with E-state index in [1.54, 1.807) is 11.3 Å². The van der Waals surface area contributed by atoms with Gasteiger partial charge in [0.05, 0.1) is 0 Å². The number of hydrogen-bond donors (Lipinski definition) is 1. The molecule has 0 atom stereocenters. The van der Waals surface area contributed by atoms with Crippen LogP contribution in [-0.4, -0.2) is 0 Å². The molecule has 0 bridgehead atoms. The predicted molar refractivity (Wildman–Crippen MR) is 88.0 cm³/mol. The van der Waals surface area contributed by atoms with Crippen molar-refractivity contribution in [3.63, 3.8) is 0 Å². The van der Waals surface area contributed by atoms with Crippen molar-refractivity contribution >= 4 is 43.0 Å². The van der Waals surface area contributed by atoms with Crippen molar-refractivity contribution in [3.05, 3.63) is 63.4 Å². The molecule has 0 unspecified atom stereocenters. The van der Waals surface area contributed by atoms with E-state index >= 15 is 0 Å². The Labute approximate surface area is 125 Å². The molecular formula is C16H14BrNS. The van der Waals surface area contributed by atoms with Gasteiger partial charge in [0.15, 0.2) is 0 Å². The lowest BCUT2D eigenvalue weighted by Gasteiger charge is -2.08. The lowest BCUT2D eigenvalue weighted by Crippen LogP contribution is -1.99. The molecular weight excluding hydrogens is 318 g/mol. The number of hydrogen-bond acceptors (Lipinski definition) is 2. The van der Waals surface area contributed by atoms with E-state index in [0.29, 0.717) is 0 Å². The molecule has 1 aromatic heterocycles. The van der Waals surface area contributed by atoms with Crippen molar-refractivity contribution in [2.75, 3.05) is 5.32 Å². The van der Waals surface area contributed by atoms with Crippen LogP contribution in [0.1, 0.15) is 11.1 Å². The molecule has 0 aliphatic rings. The Hall–Kier alpha value is -1.32. The van der Waals surface area contributed by atoms with Gasteiger partial charge in [-0.3, -0.25) is 0 Å². The lowest BCUT2D eigenvalue weighted by atomic mass is 10.1. The smallest absolute Gasteiger partial charge is 0.0401 e. The van der Waals surface area contributed by atoms with Gasteiger partial charge in [0.25, 0.3) is 0 Å². The van der Waals surface area contributed by atoms with Gasteiger partial charge in [-0.1, -0.05) is 28.1 Å². The summed E-state index contributed by atoms with van der Waals surface area (Å²) in [6.07, 6.45) is 0. The van der Waals surface area contributed by atoms with Crippen LogP contribution >= 0.6 is 27.3 Å². The average Bonchev–Trinajstić information content (AvgIpc) is 2.87.